The molecule has 3 rings (SSSR count). The molecule has 138 valence electrons. The summed E-state index contributed by atoms with van der Waals surface area (Å²) in [6.45, 7) is 6.99. The number of carbonyl (C=O) groups is 1. The number of rotatable bonds is 3. The molecule has 1 aromatic heterocycles. The average molecular weight is 347 g/mol. The van der Waals surface area contributed by atoms with E-state index in [1.54, 1.807) is 0 Å². The summed E-state index contributed by atoms with van der Waals surface area (Å²) < 4.78 is 5.29. The van der Waals surface area contributed by atoms with E-state index >= 15 is 0 Å². The van der Waals surface area contributed by atoms with E-state index in [9.17, 15) is 4.79 Å². The highest BCUT2D eigenvalue weighted by Crippen LogP contribution is 2.33. The van der Waals surface area contributed by atoms with Gasteiger partial charge in [-0.15, -0.1) is 0 Å². The Kier molecular flexibility index (Phi) is 5.01. The van der Waals surface area contributed by atoms with Gasteiger partial charge in [0.2, 0.25) is 5.95 Å². The van der Waals surface area contributed by atoms with Gasteiger partial charge in [0.05, 0.1) is 11.7 Å². The van der Waals surface area contributed by atoms with Crippen LogP contribution in [0.5, 0.6) is 0 Å². The Labute approximate surface area is 149 Å². The Morgan fingerprint density at radius 3 is 2.56 bits per heavy atom. The lowest BCUT2D eigenvalue weighted by Gasteiger charge is -2.40. The molecule has 0 aromatic carbocycles. The van der Waals surface area contributed by atoms with E-state index in [1.165, 1.54) is 32.1 Å². The van der Waals surface area contributed by atoms with Crippen LogP contribution in [0, 0.1) is 0 Å². The number of alkyl carbamates (subject to hydrolysis) is 1. The maximum absolute atomic E-state index is 11.8. The second kappa shape index (κ2) is 7.06. The number of aromatic nitrogens is 2. The van der Waals surface area contributed by atoms with Crippen molar-refractivity contribution >= 4 is 17.9 Å². The Hall–Kier alpha value is -2.05. The molecule has 7 nitrogen and oxygen atoms in total. The van der Waals surface area contributed by atoms with Gasteiger partial charge in [0.1, 0.15) is 11.4 Å². The number of carbonyl (C=O) groups excluding carboxylic acids is 1. The zero-order valence-corrected chi connectivity index (χ0v) is 15.4. The van der Waals surface area contributed by atoms with Crippen LogP contribution in [0.3, 0.4) is 0 Å². The molecule has 3 N–H and O–H groups in total. The summed E-state index contributed by atoms with van der Waals surface area (Å²) in [5.74, 6) is 1.69. The number of hydrogen-bond donors (Lipinski definition) is 2. The van der Waals surface area contributed by atoms with Crippen LogP contribution in [0.1, 0.15) is 64.5 Å². The van der Waals surface area contributed by atoms with Gasteiger partial charge in [0, 0.05) is 25.1 Å². The van der Waals surface area contributed by atoms with Gasteiger partial charge >= 0.3 is 6.09 Å². The molecule has 1 aliphatic carbocycles. The Morgan fingerprint density at radius 1 is 1.24 bits per heavy atom. The summed E-state index contributed by atoms with van der Waals surface area (Å²) in [6.07, 6.45) is 5.82. The van der Waals surface area contributed by atoms with Gasteiger partial charge in [-0.25, -0.2) is 9.78 Å². The van der Waals surface area contributed by atoms with Crippen molar-refractivity contribution in [1.82, 2.24) is 15.3 Å². The average Bonchev–Trinajstić information content (AvgIpc) is 2.49. The second-order valence-electron chi connectivity index (χ2n) is 8.09. The smallest absolute Gasteiger partial charge is 0.407 e. The fourth-order valence-corrected chi connectivity index (χ4v) is 3.47. The molecule has 1 aliphatic heterocycles. The lowest BCUT2D eigenvalue weighted by molar-refractivity contribution is 0.0496. The van der Waals surface area contributed by atoms with Crippen LogP contribution in [0.25, 0.3) is 0 Å². The fourth-order valence-electron chi connectivity index (χ4n) is 3.47. The van der Waals surface area contributed by atoms with Crippen molar-refractivity contribution in [2.24, 2.45) is 0 Å². The minimum Gasteiger partial charge on any atom is -0.444 e. The fraction of sp³-hybridized carbons (Fsp3) is 0.722. The number of nitrogens with zero attached hydrogens (tertiary/aromatic N) is 3. The SMILES string of the molecule is CC(C)(C)OC(=O)NC1CN(c2cc(C3CCCCC3)nc(N)n2)C1. The van der Waals surface area contributed by atoms with Crippen molar-refractivity contribution in [1.29, 1.82) is 0 Å². The largest absolute Gasteiger partial charge is 0.444 e. The monoisotopic (exact) mass is 347 g/mol. The predicted molar refractivity (Wildman–Crippen MR) is 97.6 cm³/mol. The number of hydrogen-bond acceptors (Lipinski definition) is 6. The first-order valence-corrected chi connectivity index (χ1v) is 9.19. The third-order valence-corrected chi connectivity index (χ3v) is 4.70. The van der Waals surface area contributed by atoms with E-state index in [1.807, 2.05) is 20.8 Å². The Bertz CT molecular complexity index is 616. The molecule has 2 heterocycles. The number of nitrogen functional groups attached to an aromatic ring is 1. The number of nitrogens with two attached hydrogens (primary N) is 1. The first-order chi connectivity index (χ1) is 11.8. The van der Waals surface area contributed by atoms with Crippen molar-refractivity contribution in [3.8, 4) is 0 Å². The molecule has 2 aliphatic rings. The minimum absolute atomic E-state index is 0.0733. The van der Waals surface area contributed by atoms with Gasteiger partial charge in [-0.05, 0) is 33.6 Å². The van der Waals surface area contributed by atoms with Crippen LogP contribution in [-0.4, -0.2) is 40.8 Å². The maximum Gasteiger partial charge on any atom is 0.407 e. The lowest BCUT2D eigenvalue weighted by Crippen LogP contribution is -2.60. The molecule has 7 heteroatoms. The van der Waals surface area contributed by atoms with Gasteiger partial charge in [-0.3, -0.25) is 0 Å². The third kappa shape index (κ3) is 4.74. The molecule has 0 atom stereocenters. The van der Waals surface area contributed by atoms with Crippen molar-refractivity contribution in [2.75, 3.05) is 23.7 Å². The highest BCUT2D eigenvalue weighted by Gasteiger charge is 2.31. The summed E-state index contributed by atoms with van der Waals surface area (Å²) in [4.78, 5) is 22.8. The molecule has 25 heavy (non-hydrogen) atoms. The molecular formula is C18H29N5O2. The highest BCUT2D eigenvalue weighted by molar-refractivity contribution is 5.69. The summed E-state index contributed by atoms with van der Waals surface area (Å²) >= 11 is 0. The molecule has 0 bridgehead atoms. The number of ether oxygens (including phenoxy) is 1. The second-order valence-corrected chi connectivity index (χ2v) is 8.09. The van der Waals surface area contributed by atoms with Crippen LogP contribution in [0.15, 0.2) is 6.07 Å². The van der Waals surface area contributed by atoms with Crippen molar-refractivity contribution in [3.05, 3.63) is 11.8 Å². The molecule has 2 fully saturated rings. The molecule has 1 saturated carbocycles. The zero-order valence-electron chi connectivity index (χ0n) is 15.4. The van der Waals surface area contributed by atoms with Crippen LogP contribution < -0.4 is 16.0 Å². The standard InChI is InChI=1S/C18H29N5O2/c1-18(2,3)25-17(24)20-13-10-23(11-13)15-9-14(21-16(19)22-15)12-7-5-4-6-8-12/h9,12-13H,4-8,10-11H2,1-3H3,(H,20,24)(H2,19,21,22). The van der Waals surface area contributed by atoms with E-state index in [0.29, 0.717) is 25.0 Å². The van der Waals surface area contributed by atoms with Crippen LogP contribution >= 0.6 is 0 Å². The molecule has 0 unspecified atom stereocenters. The molecule has 0 spiro atoms. The molecule has 1 aromatic rings. The Balaban J connectivity index is 1.57. The van der Waals surface area contributed by atoms with E-state index in [4.69, 9.17) is 10.5 Å². The Morgan fingerprint density at radius 2 is 1.92 bits per heavy atom. The number of anilines is 2. The van der Waals surface area contributed by atoms with Crippen molar-refractivity contribution in [2.45, 2.75) is 70.4 Å². The molecule has 1 amide bonds. The number of amides is 1. The van der Waals surface area contributed by atoms with E-state index in [-0.39, 0.29) is 12.1 Å². The first kappa shape index (κ1) is 17.8. The van der Waals surface area contributed by atoms with Gasteiger partial charge in [-0.2, -0.15) is 4.98 Å². The van der Waals surface area contributed by atoms with E-state index in [2.05, 4.69) is 26.3 Å². The highest BCUT2D eigenvalue weighted by atomic mass is 16.6. The maximum atomic E-state index is 11.8. The minimum atomic E-state index is -0.483. The zero-order chi connectivity index (χ0) is 18.0. The van der Waals surface area contributed by atoms with Gasteiger partial charge in [-0.1, -0.05) is 19.3 Å². The predicted octanol–water partition coefficient (Wildman–Crippen LogP) is 2.82. The normalized spacial score (nSPS) is 19.4. The van der Waals surface area contributed by atoms with Gasteiger partial charge < -0.3 is 20.7 Å². The topological polar surface area (TPSA) is 93.4 Å². The van der Waals surface area contributed by atoms with Gasteiger partial charge in [0.15, 0.2) is 0 Å². The summed E-state index contributed by atoms with van der Waals surface area (Å²) in [6, 6.07) is 2.14. The first-order valence-electron chi connectivity index (χ1n) is 9.19. The van der Waals surface area contributed by atoms with Crippen LogP contribution in [-0.2, 0) is 4.74 Å². The third-order valence-electron chi connectivity index (χ3n) is 4.70. The summed E-state index contributed by atoms with van der Waals surface area (Å²) in [5.41, 5.74) is 6.51. The molecule has 1 saturated heterocycles. The quantitative estimate of drug-likeness (QED) is 0.873. The van der Waals surface area contributed by atoms with E-state index < -0.39 is 5.60 Å². The molecule has 0 radical (unpaired) electrons. The van der Waals surface area contributed by atoms with Crippen LogP contribution in [0.2, 0.25) is 0 Å². The van der Waals surface area contributed by atoms with Gasteiger partial charge in [0.25, 0.3) is 0 Å². The summed E-state index contributed by atoms with van der Waals surface area (Å²) in [5, 5.41) is 2.89. The summed E-state index contributed by atoms with van der Waals surface area (Å²) in [7, 11) is 0. The van der Waals surface area contributed by atoms with Crippen LogP contribution in [0.4, 0.5) is 16.6 Å². The number of nitrogens with one attached hydrogen (secondary N) is 1. The van der Waals surface area contributed by atoms with Crippen molar-refractivity contribution in [3.63, 3.8) is 0 Å². The molecular weight excluding hydrogens is 318 g/mol. The van der Waals surface area contributed by atoms with E-state index in [0.717, 1.165) is 11.5 Å². The van der Waals surface area contributed by atoms with Crippen molar-refractivity contribution < 1.29 is 9.53 Å². The lowest BCUT2D eigenvalue weighted by atomic mass is 9.87.